The van der Waals surface area contributed by atoms with E-state index >= 15 is 0 Å². The number of ether oxygens (including phenoxy) is 1. The van der Waals surface area contributed by atoms with Crippen molar-refractivity contribution in [3.63, 3.8) is 0 Å². The molecule has 0 aromatic rings. The van der Waals surface area contributed by atoms with Gasteiger partial charge in [-0.2, -0.15) is 0 Å². The molecule has 100 valence electrons. The van der Waals surface area contributed by atoms with Gasteiger partial charge in [0.2, 0.25) is 5.91 Å². The summed E-state index contributed by atoms with van der Waals surface area (Å²) in [5.41, 5.74) is 5.84. The summed E-state index contributed by atoms with van der Waals surface area (Å²) < 4.78 is 5.34. The lowest BCUT2D eigenvalue weighted by atomic mass is 9.86. The molecule has 0 bridgehead atoms. The van der Waals surface area contributed by atoms with E-state index < -0.39 is 6.04 Å². The quantitative estimate of drug-likeness (QED) is 0.807. The number of carbonyl (C=O) groups excluding carboxylic acids is 1. The molecule has 4 nitrogen and oxygen atoms in total. The molecule has 0 spiro atoms. The minimum atomic E-state index is -0.426. The summed E-state index contributed by atoms with van der Waals surface area (Å²) in [6, 6.07) is -0.426. The van der Waals surface area contributed by atoms with Gasteiger partial charge in [0.05, 0.1) is 12.6 Å². The first kappa shape index (κ1) is 14.5. The van der Waals surface area contributed by atoms with E-state index in [0.29, 0.717) is 5.92 Å². The van der Waals surface area contributed by atoms with E-state index in [-0.39, 0.29) is 11.3 Å². The molecule has 1 fully saturated rings. The van der Waals surface area contributed by atoms with Gasteiger partial charge in [-0.25, -0.2) is 0 Å². The second kappa shape index (κ2) is 5.83. The number of carbonyl (C=O) groups is 1. The second-order valence-electron chi connectivity index (χ2n) is 5.95. The topological polar surface area (TPSA) is 55.6 Å². The number of hydrogen-bond donors (Lipinski definition) is 1. The number of amides is 1. The summed E-state index contributed by atoms with van der Waals surface area (Å²) in [6.45, 7) is 11.1. The first-order chi connectivity index (χ1) is 7.86. The van der Waals surface area contributed by atoms with Gasteiger partial charge < -0.3 is 15.4 Å². The summed E-state index contributed by atoms with van der Waals surface area (Å²) in [7, 11) is 0. The average Bonchev–Trinajstić information content (AvgIpc) is 2.75. The van der Waals surface area contributed by atoms with Gasteiger partial charge >= 0.3 is 0 Å². The van der Waals surface area contributed by atoms with Gasteiger partial charge in [-0.3, -0.25) is 4.79 Å². The lowest BCUT2D eigenvalue weighted by Crippen LogP contribution is -2.51. The Morgan fingerprint density at radius 1 is 1.53 bits per heavy atom. The summed E-state index contributed by atoms with van der Waals surface area (Å²) in [5.74, 6) is 0.540. The van der Waals surface area contributed by atoms with Crippen molar-refractivity contribution < 1.29 is 9.53 Å². The molecule has 4 heteroatoms. The minimum absolute atomic E-state index is 0.0619. The lowest BCUT2D eigenvalue weighted by molar-refractivity contribution is -0.135. The SMILES string of the molecule is CCN(CC1CCOC1)C(=O)[C@@H](N)C(C)(C)C. The van der Waals surface area contributed by atoms with Gasteiger partial charge in [0.1, 0.15) is 0 Å². The number of hydrogen-bond acceptors (Lipinski definition) is 3. The highest BCUT2D eigenvalue weighted by atomic mass is 16.5. The predicted octanol–water partition coefficient (Wildman–Crippen LogP) is 1.24. The zero-order valence-electron chi connectivity index (χ0n) is 11.5. The highest BCUT2D eigenvalue weighted by Gasteiger charge is 2.31. The van der Waals surface area contributed by atoms with Crippen LogP contribution < -0.4 is 5.73 Å². The van der Waals surface area contributed by atoms with Gasteiger partial charge in [-0.15, -0.1) is 0 Å². The third kappa shape index (κ3) is 3.96. The smallest absolute Gasteiger partial charge is 0.240 e. The molecule has 1 amide bonds. The molecule has 17 heavy (non-hydrogen) atoms. The molecule has 0 radical (unpaired) electrons. The summed E-state index contributed by atoms with van der Waals surface area (Å²) in [6.07, 6.45) is 1.05. The maximum absolute atomic E-state index is 12.3. The van der Waals surface area contributed by atoms with Crippen LogP contribution in [-0.4, -0.2) is 43.2 Å². The molecule has 0 saturated carbocycles. The van der Waals surface area contributed by atoms with Gasteiger partial charge in [-0.05, 0) is 18.8 Å². The zero-order chi connectivity index (χ0) is 13.1. The number of nitrogens with two attached hydrogens (primary N) is 1. The van der Waals surface area contributed by atoms with E-state index in [1.165, 1.54) is 0 Å². The molecular weight excluding hydrogens is 216 g/mol. The molecule has 0 aromatic carbocycles. The van der Waals surface area contributed by atoms with Crippen molar-refractivity contribution in [3.8, 4) is 0 Å². The van der Waals surface area contributed by atoms with Gasteiger partial charge in [0, 0.05) is 25.6 Å². The molecule has 2 N–H and O–H groups in total. The van der Waals surface area contributed by atoms with Crippen LogP contribution in [0.25, 0.3) is 0 Å². The molecule has 2 atom stereocenters. The fourth-order valence-corrected chi connectivity index (χ4v) is 1.98. The Hall–Kier alpha value is -0.610. The van der Waals surface area contributed by atoms with Crippen LogP contribution in [0.2, 0.25) is 0 Å². The fraction of sp³-hybridized carbons (Fsp3) is 0.923. The molecule has 1 saturated heterocycles. The van der Waals surface area contributed by atoms with Crippen molar-refractivity contribution in [3.05, 3.63) is 0 Å². The largest absolute Gasteiger partial charge is 0.381 e. The van der Waals surface area contributed by atoms with Gasteiger partial charge in [0.15, 0.2) is 0 Å². The van der Waals surface area contributed by atoms with Gasteiger partial charge in [-0.1, -0.05) is 20.8 Å². The van der Waals surface area contributed by atoms with E-state index in [4.69, 9.17) is 10.5 Å². The van der Waals surface area contributed by atoms with Crippen molar-refractivity contribution in [1.82, 2.24) is 4.90 Å². The van der Waals surface area contributed by atoms with Crippen LogP contribution in [0.4, 0.5) is 0 Å². The molecule has 1 heterocycles. The maximum atomic E-state index is 12.3. The van der Waals surface area contributed by atoms with Crippen molar-refractivity contribution in [1.29, 1.82) is 0 Å². The highest BCUT2D eigenvalue weighted by Crippen LogP contribution is 2.20. The lowest BCUT2D eigenvalue weighted by Gasteiger charge is -2.32. The van der Waals surface area contributed by atoms with E-state index in [0.717, 1.165) is 32.7 Å². The van der Waals surface area contributed by atoms with Crippen LogP contribution in [0, 0.1) is 11.3 Å². The first-order valence-electron chi connectivity index (χ1n) is 6.48. The molecular formula is C13H26N2O2. The first-order valence-corrected chi connectivity index (χ1v) is 6.48. The molecule has 1 rings (SSSR count). The van der Waals surface area contributed by atoms with E-state index in [2.05, 4.69) is 0 Å². The normalized spacial score (nSPS) is 22.5. The third-order valence-electron chi connectivity index (χ3n) is 3.40. The predicted molar refractivity (Wildman–Crippen MR) is 68.6 cm³/mol. The number of rotatable bonds is 4. The number of likely N-dealkylation sites (N-methyl/N-ethyl adjacent to an activating group) is 1. The van der Waals surface area contributed by atoms with Crippen LogP contribution in [0.3, 0.4) is 0 Å². The Labute approximate surface area is 104 Å². The Morgan fingerprint density at radius 3 is 2.59 bits per heavy atom. The molecule has 0 aromatic heterocycles. The van der Waals surface area contributed by atoms with E-state index in [1.54, 1.807) is 0 Å². The minimum Gasteiger partial charge on any atom is -0.381 e. The highest BCUT2D eigenvalue weighted by molar-refractivity contribution is 5.82. The third-order valence-corrected chi connectivity index (χ3v) is 3.40. The summed E-state index contributed by atoms with van der Waals surface area (Å²) in [4.78, 5) is 14.1. The molecule has 1 aliphatic heterocycles. The van der Waals surface area contributed by atoms with Crippen LogP contribution in [0.1, 0.15) is 34.1 Å². The van der Waals surface area contributed by atoms with Crippen molar-refractivity contribution in [2.75, 3.05) is 26.3 Å². The Kier molecular flexibility index (Phi) is 4.95. The summed E-state index contributed by atoms with van der Waals surface area (Å²) in [5, 5.41) is 0. The van der Waals surface area contributed by atoms with Crippen molar-refractivity contribution in [2.45, 2.75) is 40.2 Å². The monoisotopic (exact) mass is 242 g/mol. The van der Waals surface area contributed by atoms with E-state index in [9.17, 15) is 4.79 Å². The second-order valence-corrected chi connectivity index (χ2v) is 5.95. The number of nitrogens with zero attached hydrogens (tertiary/aromatic N) is 1. The van der Waals surface area contributed by atoms with Crippen molar-refractivity contribution >= 4 is 5.91 Å². The van der Waals surface area contributed by atoms with Crippen LogP contribution in [0.15, 0.2) is 0 Å². The Bertz CT molecular complexity index is 255. The standard InChI is InChI=1S/C13H26N2O2/c1-5-15(8-10-6-7-17-9-10)12(16)11(14)13(2,3)4/h10-11H,5-9,14H2,1-4H3/t10?,11-/m1/s1. The van der Waals surface area contributed by atoms with Gasteiger partial charge in [0.25, 0.3) is 0 Å². The van der Waals surface area contributed by atoms with E-state index in [1.807, 2.05) is 32.6 Å². The summed E-state index contributed by atoms with van der Waals surface area (Å²) >= 11 is 0. The van der Waals surface area contributed by atoms with Crippen LogP contribution in [0.5, 0.6) is 0 Å². The fourth-order valence-electron chi connectivity index (χ4n) is 1.98. The Morgan fingerprint density at radius 2 is 2.18 bits per heavy atom. The van der Waals surface area contributed by atoms with Crippen LogP contribution >= 0.6 is 0 Å². The van der Waals surface area contributed by atoms with Crippen LogP contribution in [-0.2, 0) is 9.53 Å². The molecule has 1 aliphatic rings. The molecule has 1 unspecified atom stereocenters. The zero-order valence-corrected chi connectivity index (χ0v) is 11.5. The van der Waals surface area contributed by atoms with Crippen molar-refractivity contribution in [2.24, 2.45) is 17.1 Å². The molecule has 0 aliphatic carbocycles. The maximum Gasteiger partial charge on any atom is 0.240 e. The Balaban J connectivity index is 2.57. The average molecular weight is 242 g/mol.